The Hall–Kier alpha value is -2.23. The van der Waals surface area contributed by atoms with E-state index in [0.29, 0.717) is 5.69 Å². The summed E-state index contributed by atoms with van der Waals surface area (Å²) < 4.78 is 29.3. The van der Waals surface area contributed by atoms with Crippen LogP contribution < -0.4 is 10.6 Å². The van der Waals surface area contributed by atoms with E-state index in [1.54, 1.807) is 19.1 Å². The maximum Gasteiger partial charge on any atom is 0.338 e. The summed E-state index contributed by atoms with van der Waals surface area (Å²) in [5.74, 6) is -5.34. The van der Waals surface area contributed by atoms with E-state index in [0.717, 1.165) is 15.2 Å². The number of benzene rings is 2. The van der Waals surface area contributed by atoms with Gasteiger partial charge in [-0.1, -0.05) is 0 Å². The number of carbonyl (C=O) groups is 2. The van der Waals surface area contributed by atoms with Gasteiger partial charge in [-0.3, -0.25) is 4.79 Å². The molecule has 0 saturated heterocycles. The van der Waals surface area contributed by atoms with Gasteiger partial charge in [-0.25, -0.2) is 13.6 Å². The number of aryl methyl sites for hydroxylation is 1. The summed E-state index contributed by atoms with van der Waals surface area (Å²) in [7, 11) is 1.31. The molecule has 0 saturated carbocycles. The molecule has 0 fully saturated rings. The van der Waals surface area contributed by atoms with Crippen molar-refractivity contribution in [3.8, 4) is 0 Å². The number of carboxylic acid groups (broad SMARTS) is 1. The third-order valence-corrected chi connectivity index (χ3v) is 4.03. The third kappa shape index (κ3) is 3.48. The quantitative estimate of drug-likeness (QED) is 0.627. The number of anilines is 2. The molecule has 0 bridgehead atoms. The number of nitrogens with one attached hydrogen (secondary N) is 2. The van der Waals surface area contributed by atoms with Crippen LogP contribution in [-0.2, 0) is 0 Å². The molecule has 3 N–H and O–H groups in total. The molecule has 0 aliphatic rings. The monoisotopic (exact) mass is 446 g/mol. The van der Waals surface area contributed by atoms with Gasteiger partial charge in [0.15, 0.2) is 11.6 Å². The van der Waals surface area contributed by atoms with E-state index in [2.05, 4.69) is 33.2 Å². The van der Waals surface area contributed by atoms with Gasteiger partial charge in [-0.2, -0.15) is 0 Å². The van der Waals surface area contributed by atoms with E-state index in [9.17, 15) is 18.4 Å². The Bertz CT molecular complexity index is 841. The van der Waals surface area contributed by atoms with Crippen LogP contribution in [-0.4, -0.2) is 24.0 Å². The Balaban J connectivity index is 2.65. The fourth-order valence-corrected chi connectivity index (χ4v) is 2.77. The van der Waals surface area contributed by atoms with Gasteiger partial charge in [0, 0.05) is 16.3 Å². The van der Waals surface area contributed by atoms with Gasteiger partial charge in [0.25, 0.3) is 5.91 Å². The molecule has 126 valence electrons. The summed E-state index contributed by atoms with van der Waals surface area (Å²) in [6.45, 7) is 1.77. The standard InChI is InChI=1S/C16H13F2IN2O3/c1-7-5-8(19)3-4-11(7)21-14-10(15(22)20-2)6-9(16(23)24)12(17)13(14)18/h3-6,21H,1-2H3,(H,20,22)(H,23,24). The number of hydrogen-bond acceptors (Lipinski definition) is 3. The highest BCUT2D eigenvalue weighted by Crippen LogP contribution is 2.30. The molecule has 0 heterocycles. The highest BCUT2D eigenvalue weighted by Gasteiger charge is 2.25. The van der Waals surface area contributed by atoms with Crippen LogP contribution in [0, 0.1) is 22.1 Å². The molecule has 1 amide bonds. The first-order valence-electron chi connectivity index (χ1n) is 6.76. The van der Waals surface area contributed by atoms with Gasteiger partial charge in [-0.15, -0.1) is 0 Å². The summed E-state index contributed by atoms with van der Waals surface area (Å²) in [5.41, 5.74) is -0.391. The average molecular weight is 446 g/mol. The lowest BCUT2D eigenvalue weighted by molar-refractivity contribution is 0.0690. The van der Waals surface area contributed by atoms with Crippen molar-refractivity contribution in [2.45, 2.75) is 6.92 Å². The zero-order valence-corrected chi connectivity index (χ0v) is 14.9. The third-order valence-electron chi connectivity index (χ3n) is 3.36. The van der Waals surface area contributed by atoms with Crippen LogP contribution in [0.15, 0.2) is 24.3 Å². The molecule has 8 heteroatoms. The second-order valence-electron chi connectivity index (χ2n) is 4.94. The second-order valence-corrected chi connectivity index (χ2v) is 6.19. The molecule has 0 aromatic heterocycles. The van der Waals surface area contributed by atoms with Crippen LogP contribution in [0.2, 0.25) is 0 Å². The van der Waals surface area contributed by atoms with Crippen molar-refractivity contribution in [3.05, 3.63) is 56.2 Å². The molecule has 0 spiro atoms. The Morgan fingerprint density at radius 2 is 1.79 bits per heavy atom. The second kappa shape index (κ2) is 7.12. The molecule has 24 heavy (non-hydrogen) atoms. The zero-order chi connectivity index (χ0) is 18.0. The minimum Gasteiger partial charge on any atom is -0.478 e. The zero-order valence-electron chi connectivity index (χ0n) is 12.7. The number of carbonyl (C=O) groups excluding carboxylic acids is 1. The predicted octanol–water partition coefficient (Wildman–Crippen LogP) is 3.68. The predicted molar refractivity (Wildman–Crippen MR) is 93.9 cm³/mol. The van der Waals surface area contributed by atoms with Crippen molar-refractivity contribution in [2.75, 3.05) is 12.4 Å². The largest absolute Gasteiger partial charge is 0.478 e. The summed E-state index contributed by atoms with van der Waals surface area (Å²) in [5, 5.41) is 13.9. The Kier molecular flexibility index (Phi) is 5.37. The minimum atomic E-state index is -1.66. The van der Waals surface area contributed by atoms with E-state index >= 15 is 0 Å². The summed E-state index contributed by atoms with van der Waals surface area (Å²) in [4.78, 5) is 23.0. The van der Waals surface area contributed by atoms with Crippen molar-refractivity contribution in [1.82, 2.24) is 5.32 Å². The van der Waals surface area contributed by atoms with Gasteiger partial charge in [0.05, 0.1) is 16.8 Å². The smallest absolute Gasteiger partial charge is 0.338 e. The van der Waals surface area contributed by atoms with Crippen molar-refractivity contribution >= 4 is 45.8 Å². The highest BCUT2D eigenvalue weighted by molar-refractivity contribution is 14.1. The molecular formula is C16H13F2IN2O3. The van der Waals surface area contributed by atoms with E-state index in [-0.39, 0.29) is 5.56 Å². The first-order valence-corrected chi connectivity index (χ1v) is 7.84. The first-order chi connectivity index (χ1) is 11.3. The van der Waals surface area contributed by atoms with Crippen LogP contribution in [0.25, 0.3) is 0 Å². The van der Waals surface area contributed by atoms with Crippen LogP contribution in [0.4, 0.5) is 20.2 Å². The van der Waals surface area contributed by atoms with Crippen LogP contribution >= 0.6 is 22.6 Å². The minimum absolute atomic E-state index is 0.299. The number of amides is 1. The molecule has 2 rings (SSSR count). The topological polar surface area (TPSA) is 78.4 Å². The molecule has 5 nitrogen and oxygen atoms in total. The maximum absolute atomic E-state index is 14.4. The van der Waals surface area contributed by atoms with Crippen LogP contribution in [0.1, 0.15) is 26.3 Å². The average Bonchev–Trinajstić information content (AvgIpc) is 2.53. The fraction of sp³-hybridized carbons (Fsp3) is 0.125. The SMILES string of the molecule is CNC(=O)c1cc(C(=O)O)c(F)c(F)c1Nc1ccc(I)cc1C. The first kappa shape index (κ1) is 18.1. The lowest BCUT2D eigenvalue weighted by Crippen LogP contribution is -2.21. The van der Waals surface area contributed by atoms with Crippen LogP contribution in [0.3, 0.4) is 0 Å². The maximum atomic E-state index is 14.4. The molecule has 0 aliphatic heterocycles. The molecular weight excluding hydrogens is 433 g/mol. The lowest BCUT2D eigenvalue weighted by atomic mass is 10.0. The summed E-state index contributed by atoms with van der Waals surface area (Å²) in [6.07, 6.45) is 0. The Morgan fingerprint density at radius 3 is 2.33 bits per heavy atom. The molecule has 0 unspecified atom stereocenters. The molecule has 0 radical (unpaired) electrons. The number of carboxylic acids is 1. The molecule has 2 aromatic rings. The lowest BCUT2D eigenvalue weighted by Gasteiger charge is -2.16. The fourth-order valence-electron chi connectivity index (χ4n) is 2.12. The Morgan fingerprint density at radius 1 is 1.12 bits per heavy atom. The van der Waals surface area contributed by atoms with Crippen molar-refractivity contribution in [1.29, 1.82) is 0 Å². The van der Waals surface area contributed by atoms with Crippen LogP contribution in [0.5, 0.6) is 0 Å². The number of hydrogen-bond donors (Lipinski definition) is 3. The van der Waals surface area contributed by atoms with E-state index < -0.39 is 34.8 Å². The number of halogens is 3. The van der Waals surface area contributed by atoms with Crippen molar-refractivity contribution in [3.63, 3.8) is 0 Å². The van der Waals surface area contributed by atoms with Gasteiger partial charge in [0.2, 0.25) is 0 Å². The summed E-state index contributed by atoms with van der Waals surface area (Å²) in [6, 6.07) is 6.05. The molecule has 2 aromatic carbocycles. The van der Waals surface area contributed by atoms with E-state index in [1.165, 1.54) is 7.05 Å². The van der Waals surface area contributed by atoms with Gasteiger partial charge < -0.3 is 15.7 Å². The van der Waals surface area contributed by atoms with Crippen molar-refractivity contribution in [2.24, 2.45) is 0 Å². The molecule has 0 aliphatic carbocycles. The normalized spacial score (nSPS) is 10.4. The number of aromatic carboxylic acids is 1. The van der Waals surface area contributed by atoms with E-state index in [1.807, 2.05) is 6.07 Å². The number of rotatable bonds is 4. The summed E-state index contributed by atoms with van der Waals surface area (Å²) >= 11 is 2.11. The highest BCUT2D eigenvalue weighted by atomic mass is 127. The van der Waals surface area contributed by atoms with E-state index in [4.69, 9.17) is 5.11 Å². The van der Waals surface area contributed by atoms with Gasteiger partial charge in [-0.05, 0) is 59.3 Å². The Labute approximate surface area is 150 Å². The molecule has 0 atom stereocenters. The van der Waals surface area contributed by atoms with Crippen molar-refractivity contribution < 1.29 is 23.5 Å². The van der Waals surface area contributed by atoms with Gasteiger partial charge >= 0.3 is 5.97 Å². The van der Waals surface area contributed by atoms with Gasteiger partial charge in [0.1, 0.15) is 0 Å².